The molecule has 1 unspecified atom stereocenters. The van der Waals surface area contributed by atoms with Gasteiger partial charge in [-0.3, -0.25) is 9.48 Å². The quantitative estimate of drug-likeness (QED) is 0.766. The maximum Gasteiger partial charge on any atom is 0.337 e. The van der Waals surface area contributed by atoms with Crippen molar-refractivity contribution >= 4 is 11.9 Å². The number of ether oxygens (including phenoxy) is 1. The summed E-state index contributed by atoms with van der Waals surface area (Å²) in [7, 11) is 1.35. The van der Waals surface area contributed by atoms with Crippen molar-refractivity contribution in [3.05, 3.63) is 53.3 Å². The average molecular weight is 356 g/mol. The molecular weight excluding hydrogens is 332 g/mol. The third-order valence-electron chi connectivity index (χ3n) is 4.62. The number of esters is 1. The highest BCUT2D eigenvalue weighted by molar-refractivity contribution is 5.89. The zero-order valence-electron chi connectivity index (χ0n) is 14.9. The van der Waals surface area contributed by atoms with Gasteiger partial charge in [-0.2, -0.15) is 5.10 Å². The van der Waals surface area contributed by atoms with Gasteiger partial charge in [-0.05, 0) is 43.1 Å². The van der Waals surface area contributed by atoms with Crippen LogP contribution in [0.3, 0.4) is 0 Å². The van der Waals surface area contributed by atoms with Crippen molar-refractivity contribution in [3.63, 3.8) is 0 Å². The summed E-state index contributed by atoms with van der Waals surface area (Å²) >= 11 is 0. The summed E-state index contributed by atoms with van der Waals surface area (Å²) in [5.74, 6) is -0.0512. The normalized spacial score (nSPS) is 16.9. The van der Waals surface area contributed by atoms with Crippen LogP contribution in [0.1, 0.15) is 40.4 Å². The number of benzene rings is 1. The molecule has 1 saturated heterocycles. The highest BCUT2D eigenvalue weighted by atomic mass is 16.5. The fourth-order valence-electron chi connectivity index (χ4n) is 3.20. The zero-order valence-corrected chi connectivity index (χ0v) is 14.9. The Morgan fingerprint density at radius 2 is 2.12 bits per heavy atom. The maximum absolute atomic E-state index is 12.3. The van der Waals surface area contributed by atoms with Crippen molar-refractivity contribution in [1.82, 2.24) is 20.4 Å². The van der Waals surface area contributed by atoms with Gasteiger partial charge in [0.15, 0.2) is 0 Å². The molecule has 3 rings (SSSR count). The van der Waals surface area contributed by atoms with Crippen molar-refractivity contribution < 1.29 is 14.3 Å². The highest BCUT2D eigenvalue weighted by Crippen LogP contribution is 2.22. The third-order valence-corrected chi connectivity index (χ3v) is 4.62. The number of methoxy groups -OCH3 is 1. The lowest BCUT2D eigenvalue weighted by molar-refractivity contribution is -0.122. The second-order valence-electron chi connectivity index (χ2n) is 6.42. The van der Waals surface area contributed by atoms with E-state index >= 15 is 0 Å². The summed E-state index contributed by atoms with van der Waals surface area (Å²) in [5, 5.41) is 10.6. The van der Waals surface area contributed by atoms with Gasteiger partial charge in [-0.25, -0.2) is 4.79 Å². The van der Waals surface area contributed by atoms with Gasteiger partial charge in [-0.15, -0.1) is 0 Å². The molecule has 1 aromatic carbocycles. The molecule has 26 heavy (non-hydrogen) atoms. The summed E-state index contributed by atoms with van der Waals surface area (Å²) in [6.07, 6.45) is 4.01. The van der Waals surface area contributed by atoms with E-state index in [4.69, 9.17) is 0 Å². The first-order valence-corrected chi connectivity index (χ1v) is 8.83. The number of nitrogens with one attached hydrogen (secondary N) is 2. The molecule has 0 saturated carbocycles. The van der Waals surface area contributed by atoms with Crippen LogP contribution in [0.4, 0.5) is 0 Å². The smallest absolute Gasteiger partial charge is 0.337 e. The van der Waals surface area contributed by atoms with Gasteiger partial charge in [0.2, 0.25) is 5.91 Å². The van der Waals surface area contributed by atoms with Crippen LogP contribution in [-0.2, 0) is 22.6 Å². The molecule has 7 nitrogen and oxygen atoms in total. The van der Waals surface area contributed by atoms with Gasteiger partial charge >= 0.3 is 5.97 Å². The molecule has 0 aliphatic carbocycles. The molecule has 0 spiro atoms. The lowest BCUT2D eigenvalue weighted by Crippen LogP contribution is -2.32. The van der Waals surface area contributed by atoms with Crippen LogP contribution in [0.15, 0.2) is 36.5 Å². The van der Waals surface area contributed by atoms with Crippen LogP contribution >= 0.6 is 0 Å². The molecule has 2 N–H and O–H groups in total. The Morgan fingerprint density at radius 3 is 2.81 bits per heavy atom. The fraction of sp³-hybridized carbons (Fsp3) is 0.421. The predicted molar refractivity (Wildman–Crippen MR) is 96.7 cm³/mol. The van der Waals surface area contributed by atoms with E-state index in [0.29, 0.717) is 18.0 Å². The van der Waals surface area contributed by atoms with Crippen molar-refractivity contribution in [3.8, 4) is 0 Å². The van der Waals surface area contributed by atoms with E-state index in [1.807, 2.05) is 6.07 Å². The molecule has 1 aliphatic heterocycles. The number of hydrogen-bond donors (Lipinski definition) is 2. The molecule has 1 atom stereocenters. The number of nitrogens with zero attached hydrogens (tertiary/aromatic N) is 2. The third kappa shape index (κ3) is 4.49. The van der Waals surface area contributed by atoms with E-state index < -0.39 is 0 Å². The van der Waals surface area contributed by atoms with Crippen molar-refractivity contribution in [2.75, 3.05) is 20.2 Å². The lowest BCUT2D eigenvalue weighted by Gasteiger charge is -2.23. The minimum atomic E-state index is -0.371. The molecular formula is C19H24N4O3. The molecule has 2 heterocycles. The van der Waals surface area contributed by atoms with Crippen LogP contribution in [0.2, 0.25) is 0 Å². The van der Waals surface area contributed by atoms with E-state index in [1.165, 1.54) is 7.11 Å². The number of amides is 1. The fourth-order valence-corrected chi connectivity index (χ4v) is 3.20. The van der Waals surface area contributed by atoms with Crippen LogP contribution in [-0.4, -0.2) is 41.9 Å². The van der Waals surface area contributed by atoms with Crippen molar-refractivity contribution in [2.24, 2.45) is 0 Å². The highest BCUT2D eigenvalue weighted by Gasteiger charge is 2.19. The minimum absolute atomic E-state index is 0.0873. The molecule has 1 fully saturated rings. The number of carbonyl (C=O) groups excluding carboxylic acids is 2. The van der Waals surface area contributed by atoms with Crippen LogP contribution in [0.25, 0.3) is 0 Å². The largest absolute Gasteiger partial charge is 0.465 e. The number of carbonyl (C=O) groups is 2. The number of aromatic nitrogens is 2. The number of hydrogen-bond acceptors (Lipinski definition) is 5. The van der Waals surface area contributed by atoms with Crippen LogP contribution in [0, 0.1) is 0 Å². The second-order valence-corrected chi connectivity index (χ2v) is 6.42. The Hall–Kier alpha value is -2.67. The first kappa shape index (κ1) is 18.1. The van der Waals surface area contributed by atoms with Crippen molar-refractivity contribution in [2.45, 2.75) is 31.8 Å². The van der Waals surface area contributed by atoms with E-state index in [-0.39, 0.29) is 18.4 Å². The monoisotopic (exact) mass is 356 g/mol. The maximum atomic E-state index is 12.3. The van der Waals surface area contributed by atoms with Gasteiger partial charge in [0.05, 0.1) is 12.7 Å². The van der Waals surface area contributed by atoms with Gasteiger partial charge in [0.25, 0.3) is 0 Å². The lowest BCUT2D eigenvalue weighted by atomic mass is 9.96. The second kappa shape index (κ2) is 8.62. The molecule has 138 valence electrons. The summed E-state index contributed by atoms with van der Waals surface area (Å²) < 4.78 is 6.46. The van der Waals surface area contributed by atoms with Gasteiger partial charge in [-0.1, -0.05) is 12.1 Å². The first-order valence-electron chi connectivity index (χ1n) is 8.83. The van der Waals surface area contributed by atoms with E-state index in [9.17, 15) is 9.59 Å². The Morgan fingerprint density at radius 1 is 1.31 bits per heavy atom. The summed E-state index contributed by atoms with van der Waals surface area (Å²) in [4.78, 5) is 23.7. The molecule has 7 heteroatoms. The zero-order chi connectivity index (χ0) is 18.4. The molecule has 0 bridgehead atoms. The summed E-state index contributed by atoms with van der Waals surface area (Å²) in [6, 6.07) is 8.99. The van der Waals surface area contributed by atoms with Gasteiger partial charge in [0.1, 0.15) is 6.54 Å². The average Bonchev–Trinajstić information content (AvgIpc) is 3.15. The topological polar surface area (TPSA) is 85.2 Å². The van der Waals surface area contributed by atoms with E-state index in [1.54, 1.807) is 35.1 Å². The Bertz CT molecular complexity index is 748. The molecule has 2 aromatic rings. The summed E-state index contributed by atoms with van der Waals surface area (Å²) in [6.45, 7) is 2.60. The first-order chi connectivity index (χ1) is 12.7. The van der Waals surface area contributed by atoms with Gasteiger partial charge in [0, 0.05) is 30.9 Å². The van der Waals surface area contributed by atoms with E-state index in [0.717, 1.165) is 37.2 Å². The van der Waals surface area contributed by atoms with Crippen LogP contribution < -0.4 is 10.6 Å². The van der Waals surface area contributed by atoms with E-state index in [2.05, 4.69) is 20.5 Å². The Kier molecular flexibility index (Phi) is 6.01. The summed E-state index contributed by atoms with van der Waals surface area (Å²) in [5.41, 5.74) is 2.52. The number of rotatable bonds is 6. The predicted octanol–water partition coefficient (Wildman–Crippen LogP) is 1.45. The molecule has 1 amide bonds. The number of piperidine rings is 1. The van der Waals surface area contributed by atoms with Gasteiger partial charge < -0.3 is 15.4 Å². The standard InChI is InChI=1S/C19H24N4O3/c1-26-19(25)15-6-4-14(5-7-15)11-21-18(24)13-23-17(8-10-22-23)16-3-2-9-20-12-16/h4-8,10,16,20H,2-3,9,11-13H2,1H3,(H,21,24). The van der Waals surface area contributed by atoms with Crippen molar-refractivity contribution in [1.29, 1.82) is 0 Å². The SMILES string of the molecule is COC(=O)c1ccc(CNC(=O)Cn2nccc2C2CCCNC2)cc1. The van der Waals surface area contributed by atoms with Crippen LogP contribution in [0.5, 0.6) is 0 Å². The Balaban J connectivity index is 1.53. The molecule has 1 aliphatic rings. The minimum Gasteiger partial charge on any atom is -0.465 e. The Labute approximate surface area is 152 Å². The molecule has 0 radical (unpaired) electrons. The molecule has 1 aromatic heterocycles.